The molecule has 0 saturated carbocycles. The molecule has 0 radical (unpaired) electrons. The maximum absolute atomic E-state index is 12.3. The predicted molar refractivity (Wildman–Crippen MR) is 74.5 cm³/mol. The third kappa shape index (κ3) is 3.17. The van der Waals surface area contributed by atoms with E-state index in [9.17, 15) is 4.79 Å². The molecule has 3 heteroatoms. The van der Waals surface area contributed by atoms with Gasteiger partial charge in [-0.2, -0.15) is 0 Å². The van der Waals surface area contributed by atoms with Gasteiger partial charge in [-0.15, -0.1) is 11.3 Å². The number of thiophene rings is 1. The Morgan fingerprint density at radius 3 is 2.18 bits per heavy atom. The third-order valence-electron chi connectivity index (χ3n) is 3.71. The summed E-state index contributed by atoms with van der Waals surface area (Å²) in [5, 5.41) is 0. The molecule has 0 bridgehead atoms. The van der Waals surface area contributed by atoms with Crippen molar-refractivity contribution in [3.8, 4) is 0 Å². The van der Waals surface area contributed by atoms with E-state index in [0.717, 1.165) is 11.3 Å². The van der Waals surface area contributed by atoms with Crippen LogP contribution in [-0.4, -0.2) is 11.3 Å². The lowest BCUT2D eigenvalue weighted by atomic mass is 9.71. The summed E-state index contributed by atoms with van der Waals surface area (Å²) in [6.07, 6.45) is 1.53. The van der Waals surface area contributed by atoms with Gasteiger partial charge in [0.2, 0.25) is 0 Å². The zero-order valence-corrected chi connectivity index (χ0v) is 12.3. The second-order valence-electron chi connectivity index (χ2n) is 5.67. The molecule has 0 aliphatic carbocycles. The Morgan fingerprint density at radius 1 is 1.24 bits per heavy atom. The SMILES string of the molecule is CCc1ccc(CC(=O)C(C)(C)C(C)(C)N)s1. The Bertz CT molecular complexity index is 399. The van der Waals surface area contributed by atoms with Crippen LogP contribution in [-0.2, 0) is 17.6 Å². The minimum atomic E-state index is -0.497. The second kappa shape index (κ2) is 4.91. The molecule has 2 N–H and O–H groups in total. The molecule has 1 aromatic heterocycles. The second-order valence-corrected chi connectivity index (χ2v) is 6.92. The molecule has 0 aliphatic rings. The molecule has 0 aromatic carbocycles. The molecule has 1 aromatic rings. The zero-order valence-electron chi connectivity index (χ0n) is 11.5. The van der Waals surface area contributed by atoms with Gasteiger partial charge in [0.15, 0.2) is 0 Å². The number of nitrogens with two attached hydrogens (primary N) is 1. The Labute approximate surface area is 108 Å². The van der Waals surface area contributed by atoms with E-state index >= 15 is 0 Å². The summed E-state index contributed by atoms with van der Waals surface area (Å²) in [4.78, 5) is 14.8. The Kier molecular flexibility index (Phi) is 4.15. The first-order valence-electron chi connectivity index (χ1n) is 6.08. The monoisotopic (exact) mass is 253 g/mol. The fraction of sp³-hybridized carbons (Fsp3) is 0.643. The van der Waals surface area contributed by atoms with Crippen molar-refractivity contribution >= 4 is 17.1 Å². The van der Waals surface area contributed by atoms with E-state index in [4.69, 9.17) is 5.73 Å². The Balaban J connectivity index is 2.79. The van der Waals surface area contributed by atoms with Crippen molar-refractivity contribution in [2.24, 2.45) is 11.1 Å². The molecule has 0 saturated heterocycles. The number of carbonyl (C=O) groups excluding carboxylic acids is 1. The van der Waals surface area contributed by atoms with Crippen LogP contribution in [0.25, 0.3) is 0 Å². The van der Waals surface area contributed by atoms with Gasteiger partial charge in [-0.3, -0.25) is 4.79 Å². The quantitative estimate of drug-likeness (QED) is 0.875. The molecule has 1 heterocycles. The smallest absolute Gasteiger partial charge is 0.145 e. The normalized spacial score (nSPS) is 12.8. The maximum atomic E-state index is 12.3. The van der Waals surface area contributed by atoms with Gasteiger partial charge in [0.05, 0.1) is 0 Å². The van der Waals surface area contributed by atoms with Crippen LogP contribution in [0.1, 0.15) is 44.4 Å². The molecule has 0 amide bonds. The van der Waals surface area contributed by atoms with Crippen LogP contribution < -0.4 is 5.73 Å². The highest BCUT2D eigenvalue weighted by atomic mass is 32.1. The van der Waals surface area contributed by atoms with Crippen LogP contribution in [0.2, 0.25) is 0 Å². The fourth-order valence-electron chi connectivity index (χ4n) is 1.45. The highest BCUT2D eigenvalue weighted by Gasteiger charge is 2.39. The standard InChI is InChI=1S/C14H23NOS/c1-6-10-7-8-11(17-10)9-12(16)13(2,3)14(4,5)15/h7-8H,6,9,15H2,1-5H3. The minimum absolute atomic E-state index is 0.217. The number of Topliss-reactive ketones (excluding diaryl/α,β-unsaturated/α-hetero) is 1. The first kappa shape index (κ1) is 14.4. The summed E-state index contributed by atoms with van der Waals surface area (Å²) in [6.45, 7) is 9.82. The first-order valence-corrected chi connectivity index (χ1v) is 6.90. The average molecular weight is 253 g/mol. The van der Waals surface area contributed by atoms with E-state index < -0.39 is 11.0 Å². The summed E-state index contributed by atoms with van der Waals surface area (Å²) in [6, 6.07) is 4.16. The molecule has 0 unspecified atom stereocenters. The average Bonchev–Trinajstić information content (AvgIpc) is 2.63. The number of hydrogen-bond acceptors (Lipinski definition) is 3. The van der Waals surface area contributed by atoms with E-state index in [1.165, 1.54) is 4.88 Å². The lowest BCUT2D eigenvalue weighted by molar-refractivity contribution is -0.129. The van der Waals surface area contributed by atoms with Gasteiger partial charge in [-0.25, -0.2) is 0 Å². The van der Waals surface area contributed by atoms with Crippen molar-refractivity contribution in [2.75, 3.05) is 0 Å². The molecule has 0 aliphatic heterocycles. The Hall–Kier alpha value is -0.670. The first-order chi connectivity index (χ1) is 7.68. The molecule has 0 spiro atoms. The van der Waals surface area contributed by atoms with Crippen molar-refractivity contribution in [2.45, 2.75) is 53.0 Å². The summed E-state index contributed by atoms with van der Waals surface area (Å²) in [5.74, 6) is 0.217. The van der Waals surface area contributed by atoms with Gasteiger partial charge in [0.25, 0.3) is 0 Å². The maximum Gasteiger partial charge on any atom is 0.145 e. The number of rotatable bonds is 5. The molecular weight excluding hydrogens is 230 g/mol. The van der Waals surface area contributed by atoms with Crippen LogP contribution >= 0.6 is 11.3 Å². The predicted octanol–water partition coefficient (Wildman–Crippen LogP) is 3.19. The molecule has 96 valence electrons. The van der Waals surface area contributed by atoms with E-state index in [2.05, 4.69) is 19.1 Å². The largest absolute Gasteiger partial charge is 0.325 e. The van der Waals surface area contributed by atoms with Gasteiger partial charge in [0, 0.05) is 27.1 Å². The van der Waals surface area contributed by atoms with E-state index in [1.54, 1.807) is 11.3 Å². The van der Waals surface area contributed by atoms with E-state index in [-0.39, 0.29) is 5.78 Å². The van der Waals surface area contributed by atoms with Crippen molar-refractivity contribution < 1.29 is 4.79 Å². The zero-order chi connectivity index (χ0) is 13.3. The molecular formula is C14H23NOS. The lowest BCUT2D eigenvalue weighted by Gasteiger charge is -2.37. The number of aryl methyl sites for hydroxylation is 1. The van der Waals surface area contributed by atoms with Gasteiger partial charge in [-0.05, 0) is 32.4 Å². The number of carbonyl (C=O) groups is 1. The minimum Gasteiger partial charge on any atom is -0.325 e. The lowest BCUT2D eigenvalue weighted by Crippen LogP contribution is -2.52. The summed E-state index contributed by atoms with van der Waals surface area (Å²) >= 11 is 1.73. The fourth-order valence-corrected chi connectivity index (χ4v) is 2.40. The number of ketones is 1. The van der Waals surface area contributed by atoms with E-state index in [1.807, 2.05) is 27.7 Å². The van der Waals surface area contributed by atoms with Crippen molar-refractivity contribution in [3.63, 3.8) is 0 Å². The topological polar surface area (TPSA) is 43.1 Å². The van der Waals surface area contributed by atoms with Crippen molar-refractivity contribution in [1.82, 2.24) is 0 Å². The van der Waals surface area contributed by atoms with Gasteiger partial charge < -0.3 is 5.73 Å². The Morgan fingerprint density at radius 2 is 1.76 bits per heavy atom. The van der Waals surface area contributed by atoms with Crippen LogP contribution in [0.15, 0.2) is 12.1 Å². The molecule has 0 fully saturated rings. The molecule has 2 nitrogen and oxygen atoms in total. The summed E-state index contributed by atoms with van der Waals surface area (Å²) in [5.41, 5.74) is 5.09. The van der Waals surface area contributed by atoms with Crippen molar-refractivity contribution in [3.05, 3.63) is 21.9 Å². The van der Waals surface area contributed by atoms with E-state index in [0.29, 0.717) is 6.42 Å². The molecule has 0 atom stereocenters. The van der Waals surface area contributed by atoms with Gasteiger partial charge in [-0.1, -0.05) is 20.8 Å². The number of hydrogen-bond donors (Lipinski definition) is 1. The highest BCUT2D eigenvalue weighted by molar-refractivity contribution is 7.12. The summed E-state index contributed by atoms with van der Waals surface area (Å²) in [7, 11) is 0. The van der Waals surface area contributed by atoms with Crippen LogP contribution in [0, 0.1) is 5.41 Å². The van der Waals surface area contributed by atoms with Crippen LogP contribution in [0.5, 0.6) is 0 Å². The molecule has 1 rings (SSSR count). The third-order valence-corrected chi connectivity index (χ3v) is 4.94. The van der Waals surface area contributed by atoms with Crippen molar-refractivity contribution in [1.29, 1.82) is 0 Å². The summed E-state index contributed by atoms with van der Waals surface area (Å²) < 4.78 is 0. The van der Waals surface area contributed by atoms with Crippen LogP contribution in [0.3, 0.4) is 0 Å². The molecule has 17 heavy (non-hydrogen) atoms. The highest BCUT2D eigenvalue weighted by Crippen LogP contribution is 2.31. The van der Waals surface area contributed by atoms with Gasteiger partial charge in [0.1, 0.15) is 5.78 Å². The van der Waals surface area contributed by atoms with Gasteiger partial charge >= 0.3 is 0 Å². The van der Waals surface area contributed by atoms with Crippen LogP contribution in [0.4, 0.5) is 0 Å².